The second kappa shape index (κ2) is 6.01. The maximum absolute atomic E-state index is 14.2. The van der Waals surface area contributed by atoms with E-state index in [-0.39, 0.29) is 23.8 Å². The number of carbonyl (C=O) groups is 1. The van der Waals surface area contributed by atoms with Gasteiger partial charge in [-0.25, -0.2) is 4.39 Å². The van der Waals surface area contributed by atoms with Gasteiger partial charge >= 0.3 is 0 Å². The van der Waals surface area contributed by atoms with Crippen molar-refractivity contribution >= 4 is 21.8 Å². The van der Waals surface area contributed by atoms with Gasteiger partial charge < -0.3 is 10.6 Å². The Hall–Kier alpha value is -0.940. The molecule has 0 saturated carbocycles. The molecule has 0 spiro atoms. The average molecular weight is 329 g/mol. The maximum atomic E-state index is 14.2. The summed E-state index contributed by atoms with van der Waals surface area (Å²) in [5.41, 5.74) is 6.68. The number of halogens is 2. The second-order valence-corrected chi connectivity index (χ2v) is 5.76. The highest BCUT2D eigenvalue weighted by molar-refractivity contribution is 9.10. The van der Waals surface area contributed by atoms with Crippen molar-refractivity contribution in [1.82, 2.24) is 4.90 Å². The van der Waals surface area contributed by atoms with Crippen LogP contribution in [0.1, 0.15) is 37.8 Å². The van der Waals surface area contributed by atoms with E-state index in [0.29, 0.717) is 23.0 Å². The second-order valence-electron chi connectivity index (χ2n) is 4.85. The summed E-state index contributed by atoms with van der Waals surface area (Å²) in [6.07, 6.45) is 2.00. The molecule has 0 aliphatic carbocycles. The van der Waals surface area contributed by atoms with E-state index in [2.05, 4.69) is 15.9 Å². The van der Waals surface area contributed by atoms with Gasteiger partial charge in [0.15, 0.2) is 0 Å². The van der Waals surface area contributed by atoms with E-state index in [9.17, 15) is 9.18 Å². The Balaban J connectivity index is 2.44. The highest BCUT2D eigenvalue weighted by atomic mass is 79.9. The fourth-order valence-corrected chi connectivity index (χ4v) is 3.02. The van der Waals surface area contributed by atoms with Crippen LogP contribution in [0.5, 0.6) is 0 Å². The monoisotopic (exact) mass is 328 g/mol. The lowest BCUT2D eigenvalue weighted by atomic mass is 9.96. The Morgan fingerprint density at radius 3 is 2.89 bits per heavy atom. The first kappa shape index (κ1) is 14.5. The van der Waals surface area contributed by atoms with E-state index in [4.69, 9.17) is 5.73 Å². The van der Waals surface area contributed by atoms with E-state index >= 15 is 0 Å². The Labute approximate surface area is 121 Å². The maximum Gasteiger partial charge on any atom is 0.223 e. The fourth-order valence-electron chi connectivity index (χ4n) is 2.69. The molecule has 5 heteroatoms. The molecule has 0 radical (unpaired) electrons. The molecule has 0 bridgehead atoms. The molecule has 1 aliphatic rings. The van der Waals surface area contributed by atoms with Crippen LogP contribution in [0, 0.1) is 5.82 Å². The van der Waals surface area contributed by atoms with Gasteiger partial charge in [0.1, 0.15) is 5.82 Å². The molecule has 1 fully saturated rings. The van der Waals surface area contributed by atoms with Crippen LogP contribution in [0.25, 0.3) is 0 Å². The Morgan fingerprint density at radius 1 is 1.53 bits per heavy atom. The summed E-state index contributed by atoms with van der Waals surface area (Å²) < 4.78 is 14.8. The summed E-state index contributed by atoms with van der Waals surface area (Å²) in [6.45, 7) is 2.45. The molecular weight excluding hydrogens is 311 g/mol. The van der Waals surface area contributed by atoms with E-state index in [0.717, 1.165) is 12.8 Å². The summed E-state index contributed by atoms with van der Waals surface area (Å²) in [5.74, 6) is -0.259. The van der Waals surface area contributed by atoms with Crippen LogP contribution in [-0.4, -0.2) is 23.4 Å². The molecule has 19 heavy (non-hydrogen) atoms. The molecule has 104 valence electrons. The van der Waals surface area contributed by atoms with Crippen LogP contribution in [-0.2, 0) is 4.79 Å². The highest BCUT2D eigenvalue weighted by Crippen LogP contribution is 2.32. The average Bonchev–Trinajstić information content (AvgIpc) is 2.49. The lowest BCUT2D eigenvalue weighted by Crippen LogP contribution is -2.42. The zero-order valence-electron chi connectivity index (χ0n) is 10.9. The van der Waals surface area contributed by atoms with Gasteiger partial charge in [0.25, 0.3) is 0 Å². The van der Waals surface area contributed by atoms with Crippen LogP contribution in [0.15, 0.2) is 22.7 Å². The molecule has 1 aliphatic heterocycles. The predicted molar refractivity (Wildman–Crippen MR) is 76.1 cm³/mol. The minimum Gasteiger partial charge on any atom is -0.334 e. The van der Waals surface area contributed by atoms with E-state index in [1.807, 2.05) is 6.92 Å². The molecule has 2 unspecified atom stereocenters. The molecule has 3 nitrogen and oxygen atoms in total. The lowest BCUT2D eigenvalue weighted by molar-refractivity contribution is -0.133. The van der Waals surface area contributed by atoms with Gasteiger partial charge in [0.05, 0.1) is 6.04 Å². The number of hydrogen-bond acceptors (Lipinski definition) is 2. The number of benzene rings is 1. The van der Waals surface area contributed by atoms with Crippen molar-refractivity contribution in [2.45, 2.75) is 38.3 Å². The van der Waals surface area contributed by atoms with Crippen LogP contribution in [0.4, 0.5) is 4.39 Å². The van der Waals surface area contributed by atoms with Gasteiger partial charge in [-0.15, -0.1) is 0 Å². The van der Waals surface area contributed by atoms with Gasteiger partial charge in [-0.05, 0) is 31.9 Å². The summed E-state index contributed by atoms with van der Waals surface area (Å²) in [6, 6.07) is 4.33. The molecule has 2 atom stereocenters. The van der Waals surface area contributed by atoms with E-state index in [1.54, 1.807) is 17.0 Å². The summed E-state index contributed by atoms with van der Waals surface area (Å²) in [4.78, 5) is 13.8. The first-order valence-electron chi connectivity index (χ1n) is 6.54. The van der Waals surface area contributed by atoms with E-state index in [1.165, 1.54) is 6.07 Å². The largest absolute Gasteiger partial charge is 0.334 e. The Morgan fingerprint density at radius 2 is 2.26 bits per heavy atom. The van der Waals surface area contributed by atoms with Crippen molar-refractivity contribution in [3.8, 4) is 0 Å². The molecular formula is C14H18BrFN2O. The van der Waals surface area contributed by atoms with Crippen molar-refractivity contribution in [1.29, 1.82) is 0 Å². The van der Waals surface area contributed by atoms with Crippen LogP contribution in [0.3, 0.4) is 0 Å². The Bertz CT molecular complexity index is 481. The van der Waals surface area contributed by atoms with Gasteiger partial charge in [-0.1, -0.05) is 22.0 Å². The standard InChI is InChI=1S/C14H18BrFN2O/c1-2-18-13(19)5-3-4-12(17)14(18)10-7-6-9(15)8-11(10)16/h6-8,12,14H,2-5,17H2,1H3. The molecule has 2 N–H and O–H groups in total. The zero-order chi connectivity index (χ0) is 14.0. The minimum absolute atomic E-state index is 0.0581. The Kier molecular flexibility index (Phi) is 4.58. The first-order valence-corrected chi connectivity index (χ1v) is 7.34. The van der Waals surface area contributed by atoms with E-state index < -0.39 is 0 Å². The van der Waals surface area contributed by atoms with Crippen molar-refractivity contribution in [2.75, 3.05) is 6.54 Å². The first-order chi connectivity index (χ1) is 9.04. The molecule has 0 aromatic heterocycles. The van der Waals surface area contributed by atoms with Gasteiger partial charge in [0.2, 0.25) is 5.91 Å². The number of nitrogens with zero attached hydrogens (tertiary/aromatic N) is 1. The van der Waals surface area contributed by atoms with Crippen molar-refractivity contribution < 1.29 is 9.18 Å². The van der Waals surface area contributed by atoms with Gasteiger partial charge in [0, 0.05) is 29.0 Å². The number of likely N-dealkylation sites (tertiary alicyclic amines) is 1. The molecule has 1 amide bonds. The third-order valence-corrected chi connectivity index (χ3v) is 4.10. The minimum atomic E-state index is -0.368. The summed E-state index contributed by atoms with van der Waals surface area (Å²) >= 11 is 3.24. The number of carbonyl (C=O) groups excluding carboxylic acids is 1. The van der Waals surface area contributed by atoms with Crippen molar-refractivity contribution in [2.24, 2.45) is 5.73 Å². The smallest absolute Gasteiger partial charge is 0.223 e. The predicted octanol–water partition coefficient (Wildman–Crippen LogP) is 2.99. The normalized spacial score (nSPS) is 24.4. The number of rotatable bonds is 2. The SMILES string of the molecule is CCN1C(=O)CCCC(N)C1c1ccc(Br)cc1F. The van der Waals surface area contributed by atoms with Crippen LogP contribution >= 0.6 is 15.9 Å². The quantitative estimate of drug-likeness (QED) is 0.907. The lowest BCUT2D eigenvalue weighted by Gasteiger charge is -2.33. The summed E-state index contributed by atoms with van der Waals surface area (Å²) in [5, 5.41) is 0. The van der Waals surface area contributed by atoms with Gasteiger partial charge in [-0.2, -0.15) is 0 Å². The number of amides is 1. The van der Waals surface area contributed by atoms with Crippen LogP contribution < -0.4 is 5.73 Å². The molecule has 1 saturated heterocycles. The molecule has 1 heterocycles. The third-order valence-electron chi connectivity index (χ3n) is 3.61. The molecule has 1 aromatic rings. The van der Waals surface area contributed by atoms with Crippen LogP contribution in [0.2, 0.25) is 0 Å². The zero-order valence-corrected chi connectivity index (χ0v) is 12.5. The highest BCUT2D eigenvalue weighted by Gasteiger charge is 2.33. The van der Waals surface area contributed by atoms with Crippen molar-refractivity contribution in [3.05, 3.63) is 34.1 Å². The fraction of sp³-hybridized carbons (Fsp3) is 0.500. The molecule has 2 rings (SSSR count). The van der Waals surface area contributed by atoms with Gasteiger partial charge in [-0.3, -0.25) is 4.79 Å². The number of hydrogen-bond donors (Lipinski definition) is 1. The summed E-state index contributed by atoms with van der Waals surface area (Å²) in [7, 11) is 0. The number of likely N-dealkylation sites (N-methyl/N-ethyl adjacent to an activating group) is 1. The number of nitrogens with two attached hydrogens (primary N) is 1. The van der Waals surface area contributed by atoms with Crippen molar-refractivity contribution in [3.63, 3.8) is 0 Å². The third kappa shape index (κ3) is 2.98. The molecule has 1 aromatic carbocycles. The topological polar surface area (TPSA) is 46.3 Å².